The summed E-state index contributed by atoms with van der Waals surface area (Å²) in [5.74, 6) is 1.47. The standard InChI is InChI=1S/C30H42FN3O2/c1-6-26-21-32(17-18-35-27-13-11-25(31)12-14-27)20-24(5)34(26)16-8-15-33-19-23(4)28-9-7-10-29(30(28)33)36-22(2)3/h7,9-14,19,22,24,26H,6,8,15-18,20-21H2,1-5H3. The maximum absolute atomic E-state index is 13.1. The molecule has 36 heavy (non-hydrogen) atoms. The molecule has 0 radical (unpaired) electrons. The second kappa shape index (κ2) is 12.1. The van der Waals surface area contributed by atoms with Gasteiger partial charge < -0.3 is 14.0 Å². The van der Waals surface area contributed by atoms with E-state index in [1.807, 2.05) is 0 Å². The van der Waals surface area contributed by atoms with E-state index in [1.54, 1.807) is 12.1 Å². The number of hydrogen-bond acceptors (Lipinski definition) is 4. The first-order chi connectivity index (χ1) is 17.4. The van der Waals surface area contributed by atoms with Crippen LogP contribution in [0.25, 0.3) is 10.9 Å². The lowest BCUT2D eigenvalue weighted by Crippen LogP contribution is -2.58. The van der Waals surface area contributed by atoms with E-state index in [1.165, 1.54) is 28.6 Å². The van der Waals surface area contributed by atoms with E-state index in [0.717, 1.165) is 57.1 Å². The molecular formula is C30H42FN3O2. The van der Waals surface area contributed by atoms with Crippen molar-refractivity contribution in [1.82, 2.24) is 14.4 Å². The maximum atomic E-state index is 13.1. The third-order valence-electron chi connectivity index (χ3n) is 7.23. The molecule has 2 aromatic carbocycles. The molecule has 2 unspecified atom stereocenters. The Morgan fingerprint density at radius 1 is 1.03 bits per heavy atom. The van der Waals surface area contributed by atoms with Gasteiger partial charge in [0.25, 0.3) is 0 Å². The number of piperazine rings is 1. The van der Waals surface area contributed by atoms with Gasteiger partial charge in [0.05, 0.1) is 11.6 Å². The third kappa shape index (κ3) is 6.40. The normalized spacial score (nSPS) is 19.3. The lowest BCUT2D eigenvalue weighted by molar-refractivity contribution is 0.0222. The molecule has 2 atom stereocenters. The molecule has 0 bridgehead atoms. The number of aryl methyl sites for hydroxylation is 2. The van der Waals surface area contributed by atoms with Crippen LogP contribution in [0.4, 0.5) is 4.39 Å². The average molecular weight is 496 g/mol. The molecule has 2 heterocycles. The van der Waals surface area contributed by atoms with Crippen molar-refractivity contribution in [3.05, 3.63) is 60.0 Å². The number of aromatic nitrogens is 1. The van der Waals surface area contributed by atoms with Gasteiger partial charge in [-0.1, -0.05) is 19.1 Å². The molecule has 0 N–H and O–H groups in total. The number of hydrogen-bond donors (Lipinski definition) is 0. The third-order valence-corrected chi connectivity index (χ3v) is 7.23. The fraction of sp³-hybridized carbons (Fsp3) is 0.533. The van der Waals surface area contributed by atoms with Crippen LogP contribution in [0.1, 0.15) is 46.1 Å². The number of fused-ring (bicyclic) bond motifs is 1. The molecule has 0 saturated carbocycles. The van der Waals surface area contributed by atoms with Gasteiger partial charge in [-0.25, -0.2) is 4.39 Å². The maximum Gasteiger partial charge on any atom is 0.143 e. The highest BCUT2D eigenvalue weighted by molar-refractivity contribution is 5.89. The second-order valence-corrected chi connectivity index (χ2v) is 10.4. The van der Waals surface area contributed by atoms with Gasteiger partial charge in [-0.05, 0) is 76.4 Å². The van der Waals surface area contributed by atoms with E-state index in [0.29, 0.717) is 18.7 Å². The minimum absolute atomic E-state index is 0.155. The highest BCUT2D eigenvalue weighted by Crippen LogP contribution is 2.31. The summed E-state index contributed by atoms with van der Waals surface area (Å²) < 4.78 is 27.5. The first-order valence-corrected chi connectivity index (χ1v) is 13.5. The number of para-hydroxylation sites is 1. The van der Waals surface area contributed by atoms with Crippen LogP contribution in [0, 0.1) is 12.7 Å². The van der Waals surface area contributed by atoms with Gasteiger partial charge in [0.1, 0.15) is 23.9 Å². The fourth-order valence-electron chi connectivity index (χ4n) is 5.54. The molecule has 3 aromatic rings. The molecule has 1 aromatic heterocycles. The van der Waals surface area contributed by atoms with Crippen molar-refractivity contribution in [2.45, 2.75) is 72.2 Å². The van der Waals surface area contributed by atoms with Crippen molar-refractivity contribution < 1.29 is 13.9 Å². The lowest BCUT2D eigenvalue weighted by Gasteiger charge is -2.45. The van der Waals surface area contributed by atoms with Gasteiger partial charge in [0.15, 0.2) is 0 Å². The van der Waals surface area contributed by atoms with Gasteiger partial charge in [-0.3, -0.25) is 9.80 Å². The minimum Gasteiger partial charge on any atom is -0.492 e. The summed E-state index contributed by atoms with van der Waals surface area (Å²) in [5, 5.41) is 1.28. The molecule has 6 heteroatoms. The highest BCUT2D eigenvalue weighted by Gasteiger charge is 2.30. The Kier molecular flexibility index (Phi) is 8.91. The summed E-state index contributed by atoms with van der Waals surface area (Å²) in [6.45, 7) is 16.7. The Labute approximate surface area is 215 Å². The summed E-state index contributed by atoms with van der Waals surface area (Å²) >= 11 is 0. The molecule has 1 saturated heterocycles. The van der Waals surface area contributed by atoms with Crippen molar-refractivity contribution in [2.24, 2.45) is 0 Å². The minimum atomic E-state index is -0.234. The molecule has 0 amide bonds. The molecule has 1 aliphatic heterocycles. The predicted octanol–water partition coefficient (Wildman–Crippen LogP) is 6.13. The number of ether oxygens (including phenoxy) is 2. The van der Waals surface area contributed by atoms with Gasteiger partial charge in [0, 0.05) is 56.4 Å². The largest absolute Gasteiger partial charge is 0.492 e. The van der Waals surface area contributed by atoms with Crippen LogP contribution in [-0.4, -0.2) is 65.3 Å². The van der Waals surface area contributed by atoms with E-state index >= 15 is 0 Å². The monoisotopic (exact) mass is 495 g/mol. The van der Waals surface area contributed by atoms with Crippen LogP contribution in [0.5, 0.6) is 11.5 Å². The predicted molar refractivity (Wildman–Crippen MR) is 146 cm³/mol. The zero-order valence-corrected chi connectivity index (χ0v) is 22.5. The van der Waals surface area contributed by atoms with Crippen LogP contribution in [-0.2, 0) is 6.54 Å². The van der Waals surface area contributed by atoms with Crippen LogP contribution in [0.2, 0.25) is 0 Å². The Hall–Kier alpha value is -2.57. The number of benzene rings is 2. The topological polar surface area (TPSA) is 29.9 Å². The summed E-state index contributed by atoms with van der Waals surface area (Å²) in [7, 11) is 0. The van der Waals surface area contributed by atoms with E-state index in [2.05, 4.69) is 73.4 Å². The molecule has 1 fully saturated rings. The van der Waals surface area contributed by atoms with Crippen molar-refractivity contribution in [1.29, 1.82) is 0 Å². The van der Waals surface area contributed by atoms with Gasteiger partial charge in [-0.15, -0.1) is 0 Å². The van der Waals surface area contributed by atoms with Crippen LogP contribution < -0.4 is 9.47 Å². The second-order valence-electron chi connectivity index (χ2n) is 10.4. The van der Waals surface area contributed by atoms with Crippen molar-refractivity contribution in [2.75, 3.05) is 32.8 Å². The smallest absolute Gasteiger partial charge is 0.143 e. The summed E-state index contributed by atoms with van der Waals surface area (Å²) in [6.07, 6.45) is 4.67. The number of nitrogens with zero attached hydrogens (tertiary/aromatic N) is 3. The first-order valence-electron chi connectivity index (χ1n) is 13.5. The molecule has 5 nitrogen and oxygen atoms in total. The Balaban J connectivity index is 1.32. The molecule has 196 valence electrons. The van der Waals surface area contributed by atoms with E-state index in [9.17, 15) is 4.39 Å². The SMILES string of the molecule is CCC1CN(CCOc2ccc(F)cc2)CC(C)N1CCCn1cc(C)c2cccc(OC(C)C)c21. The van der Waals surface area contributed by atoms with Crippen molar-refractivity contribution >= 4 is 10.9 Å². The van der Waals surface area contributed by atoms with Crippen LogP contribution in [0.3, 0.4) is 0 Å². The van der Waals surface area contributed by atoms with Gasteiger partial charge in [-0.2, -0.15) is 0 Å². The quantitative estimate of drug-likeness (QED) is 0.320. The lowest BCUT2D eigenvalue weighted by atomic mass is 10.0. The molecular weight excluding hydrogens is 453 g/mol. The molecule has 0 aliphatic carbocycles. The Morgan fingerprint density at radius 3 is 2.53 bits per heavy atom. The fourth-order valence-corrected chi connectivity index (χ4v) is 5.54. The molecule has 4 rings (SSSR count). The van der Waals surface area contributed by atoms with E-state index in [4.69, 9.17) is 9.47 Å². The summed E-state index contributed by atoms with van der Waals surface area (Å²) in [6, 6.07) is 13.7. The van der Waals surface area contributed by atoms with Crippen molar-refractivity contribution in [3.63, 3.8) is 0 Å². The molecule has 1 aliphatic rings. The van der Waals surface area contributed by atoms with E-state index < -0.39 is 0 Å². The van der Waals surface area contributed by atoms with Crippen LogP contribution in [0.15, 0.2) is 48.7 Å². The number of rotatable bonds is 11. The van der Waals surface area contributed by atoms with Gasteiger partial charge in [0.2, 0.25) is 0 Å². The van der Waals surface area contributed by atoms with Crippen LogP contribution >= 0.6 is 0 Å². The van der Waals surface area contributed by atoms with Gasteiger partial charge >= 0.3 is 0 Å². The summed E-state index contributed by atoms with van der Waals surface area (Å²) in [5.41, 5.74) is 2.52. The Bertz CT molecular complexity index is 1110. The Morgan fingerprint density at radius 2 is 1.81 bits per heavy atom. The number of halogens is 1. The highest BCUT2D eigenvalue weighted by atomic mass is 19.1. The average Bonchev–Trinajstić information content (AvgIpc) is 3.17. The molecule has 0 spiro atoms. The zero-order chi connectivity index (χ0) is 25.7. The first kappa shape index (κ1) is 26.5. The van der Waals surface area contributed by atoms with E-state index in [-0.39, 0.29) is 11.9 Å². The van der Waals surface area contributed by atoms with Crippen molar-refractivity contribution in [3.8, 4) is 11.5 Å². The zero-order valence-electron chi connectivity index (χ0n) is 22.5. The summed E-state index contributed by atoms with van der Waals surface area (Å²) in [4.78, 5) is 5.21.